The van der Waals surface area contributed by atoms with E-state index in [-0.39, 0.29) is 0 Å². The molecule has 56 valence electrons. The number of hydrogen-bond acceptors (Lipinski definition) is 2. The van der Waals surface area contributed by atoms with Crippen LogP contribution in [-0.2, 0) is 0 Å². The highest BCUT2D eigenvalue weighted by molar-refractivity contribution is 9.11. The summed E-state index contributed by atoms with van der Waals surface area (Å²) in [6.45, 7) is 0. The lowest BCUT2D eigenvalue weighted by Crippen LogP contribution is -1.87. The number of thiophene rings is 1. The number of rotatable bonds is 1. The Hall–Kier alpha value is -0.840. The maximum absolute atomic E-state index is 10.8. The largest absolute Gasteiger partial charge is 0.287 e. The van der Waals surface area contributed by atoms with E-state index in [2.05, 4.69) is 26.0 Å². The third-order valence-corrected chi connectivity index (χ3v) is 2.45. The highest BCUT2D eigenvalue weighted by atomic mass is 79.9. The van der Waals surface area contributed by atoms with Crippen LogP contribution in [0.25, 0.3) is 10.4 Å². The monoisotopic (exact) mass is 231 g/mol. The number of amides is 1. The first kappa shape index (κ1) is 8.26. The Balaban J connectivity index is 2.93. The normalized spacial score (nSPS) is 8.82. The molecular formula is C5H2BrN3OS. The summed E-state index contributed by atoms with van der Waals surface area (Å²) in [7, 11) is 0. The van der Waals surface area contributed by atoms with Crippen molar-refractivity contribution in [3.05, 3.63) is 31.2 Å². The molecule has 6 heteroatoms. The predicted octanol–water partition coefficient (Wildman–Crippen LogP) is 2.96. The summed E-state index contributed by atoms with van der Waals surface area (Å²) in [5, 5.41) is 4.56. The number of carbonyl (C=O) groups is 1. The number of carbonyl (C=O) groups excluding carboxylic acids is 1. The second kappa shape index (κ2) is 3.52. The van der Waals surface area contributed by atoms with Gasteiger partial charge < -0.3 is 0 Å². The summed E-state index contributed by atoms with van der Waals surface area (Å²) < 4.78 is 0.842. The van der Waals surface area contributed by atoms with E-state index in [9.17, 15) is 4.79 Å². The standard InChI is InChI=1S/C5H2BrN3OS/c6-4-1-3(2-11-4)5(10)8-9-7/h1-2H. The fourth-order valence-corrected chi connectivity index (χ4v) is 1.65. The fraction of sp³-hybridized carbons (Fsp3) is 0. The van der Waals surface area contributed by atoms with Crippen LogP contribution in [0.2, 0.25) is 0 Å². The van der Waals surface area contributed by atoms with Crippen molar-refractivity contribution in [3.63, 3.8) is 0 Å². The molecule has 0 atom stereocenters. The fourth-order valence-electron chi connectivity index (χ4n) is 0.521. The van der Waals surface area contributed by atoms with E-state index in [4.69, 9.17) is 5.53 Å². The molecule has 0 radical (unpaired) electrons. The van der Waals surface area contributed by atoms with Gasteiger partial charge in [0.15, 0.2) is 0 Å². The minimum Gasteiger partial charge on any atom is -0.287 e. The number of azide groups is 1. The lowest BCUT2D eigenvalue weighted by Gasteiger charge is -1.81. The van der Waals surface area contributed by atoms with Crippen LogP contribution in [0.1, 0.15) is 10.4 Å². The van der Waals surface area contributed by atoms with Gasteiger partial charge in [-0.3, -0.25) is 4.79 Å². The molecule has 1 rings (SSSR count). The first-order valence-corrected chi connectivity index (χ1v) is 4.25. The first-order chi connectivity index (χ1) is 5.24. The summed E-state index contributed by atoms with van der Waals surface area (Å²) in [6.07, 6.45) is 0. The lowest BCUT2D eigenvalue weighted by molar-refractivity contribution is 0.100. The SMILES string of the molecule is [N-]=[N+]=NC(=O)c1csc(Br)c1. The highest BCUT2D eigenvalue weighted by Gasteiger charge is 2.04. The topological polar surface area (TPSA) is 65.8 Å². The molecule has 0 spiro atoms. The molecule has 0 unspecified atom stereocenters. The van der Waals surface area contributed by atoms with Crippen molar-refractivity contribution < 1.29 is 4.79 Å². The van der Waals surface area contributed by atoms with Gasteiger partial charge in [0, 0.05) is 15.9 Å². The summed E-state index contributed by atoms with van der Waals surface area (Å²) in [5.41, 5.74) is 8.35. The van der Waals surface area contributed by atoms with Crippen molar-refractivity contribution in [3.8, 4) is 0 Å². The Bertz CT molecular complexity index is 328. The van der Waals surface area contributed by atoms with Crippen molar-refractivity contribution in [2.75, 3.05) is 0 Å². The van der Waals surface area contributed by atoms with Crippen molar-refractivity contribution in [2.45, 2.75) is 0 Å². The molecule has 0 bridgehead atoms. The van der Waals surface area contributed by atoms with Crippen LogP contribution < -0.4 is 0 Å². The maximum Gasteiger partial charge on any atom is 0.250 e. The smallest absolute Gasteiger partial charge is 0.250 e. The number of hydrogen-bond donors (Lipinski definition) is 0. The molecule has 0 aromatic carbocycles. The van der Waals surface area contributed by atoms with Crippen LogP contribution >= 0.6 is 27.3 Å². The Kier molecular flexibility index (Phi) is 2.64. The van der Waals surface area contributed by atoms with Gasteiger partial charge in [0.1, 0.15) is 0 Å². The second-order valence-corrected chi connectivity index (χ2v) is 3.92. The highest BCUT2D eigenvalue weighted by Crippen LogP contribution is 2.20. The molecule has 1 amide bonds. The van der Waals surface area contributed by atoms with Crippen molar-refractivity contribution in [2.24, 2.45) is 5.11 Å². The van der Waals surface area contributed by atoms with Crippen LogP contribution in [0, 0.1) is 0 Å². The minimum atomic E-state index is -0.547. The third-order valence-electron chi connectivity index (χ3n) is 0.950. The molecule has 0 aliphatic rings. The van der Waals surface area contributed by atoms with Gasteiger partial charge in [-0.25, -0.2) is 0 Å². The molecule has 0 aliphatic heterocycles. The summed E-state index contributed by atoms with van der Waals surface area (Å²) in [5.74, 6) is -0.547. The van der Waals surface area contributed by atoms with E-state index in [1.54, 1.807) is 11.4 Å². The van der Waals surface area contributed by atoms with Gasteiger partial charge in [0.05, 0.1) is 3.79 Å². The Labute approximate surface area is 74.6 Å². The van der Waals surface area contributed by atoms with Gasteiger partial charge in [0.25, 0.3) is 0 Å². The molecule has 0 N–H and O–H groups in total. The number of halogens is 1. The zero-order chi connectivity index (χ0) is 8.27. The summed E-state index contributed by atoms with van der Waals surface area (Å²) >= 11 is 4.55. The molecule has 0 saturated carbocycles. The molecule has 1 aromatic heterocycles. The van der Waals surface area contributed by atoms with Crippen LogP contribution in [0.15, 0.2) is 20.3 Å². The van der Waals surface area contributed by atoms with Gasteiger partial charge in [-0.15, -0.1) is 11.3 Å². The van der Waals surface area contributed by atoms with E-state index in [1.165, 1.54) is 11.3 Å². The van der Waals surface area contributed by atoms with E-state index < -0.39 is 5.91 Å². The number of nitrogens with zero attached hydrogens (tertiary/aromatic N) is 3. The van der Waals surface area contributed by atoms with Crippen LogP contribution in [0.3, 0.4) is 0 Å². The Morgan fingerprint density at radius 1 is 1.82 bits per heavy atom. The van der Waals surface area contributed by atoms with Crippen LogP contribution in [0.5, 0.6) is 0 Å². The summed E-state index contributed by atoms with van der Waals surface area (Å²) in [6, 6.07) is 1.61. The molecule has 1 aromatic rings. The molecular weight excluding hydrogens is 230 g/mol. The average molecular weight is 232 g/mol. The second-order valence-electron chi connectivity index (χ2n) is 1.63. The molecule has 0 fully saturated rings. The van der Waals surface area contributed by atoms with Crippen molar-refractivity contribution in [1.82, 2.24) is 0 Å². The predicted molar refractivity (Wildman–Crippen MR) is 45.5 cm³/mol. The molecule has 1 heterocycles. The van der Waals surface area contributed by atoms with Crippen LogP contribution in [0.4, 0.5) is 0 Å². The van der Waals surface area contributed by atoms with E-state index >= 15 is 0 Å². The Morgan fingerprint density at radius 3 is 3.00 bits per heavy atom. The van der Waals surface area contributed by atoms with E-state index in [0.717, 1.165) is 3.79 Å². The molecule has 0 aliphatic carbocycles. The van der Waals surface area contributed by atoms with Crippen molar-refractivity contribution >= 4 is 33.2 Å². The zero-order valence-electron chi connectivity index (χ0n) is 5.19. The Morgan fingerprint density at radius 2 is 2.55 bits per heavy atom. The van der Waals surface area contributed by atoms with Gasteiger partial charge in [-0.1, -0.05) is 0 Å². The zero-order valence-corrected chi connectivity index (χ0v) is 7.59. The van der Waals surface area contributed by atoms with Gasteiger partial charge in [-0.2, -0.15) is 0 Å². The quantitative estimate of drug-likeness (QED) is 0.417. The molecule has 0 saturated heterocycles. The van der Waals surface area contributed by atoms with Crippen molar-refractivity contribution in [1.29, 1.82) is 0 Å². The first-order valence-electron chi connectivity index (χ1n) is 2.57. The van der Waals surface area contributed by atoms with Gasteiger partial charge in [-0.05, 0) is 32.6 Å². The molecule has 4 nitrogen and oxygen atoms in total. The maximum atomic E-state index is 10.8. The third kappa shape index (κ3) is 2.04. The minimum absolute atomic E-state index is 0.416. The van der Waals surface area contributed by atoms with E-state index in [0.29, 0.717) is 5.56 Å². The van der Waals surface area contributed by atoms with Gasteiger partial charge in [0.2, 0.25) is 5.91 Å². The van der Waals surface area contributed by atoms with E-state index in [1.807, 2.05) is 0 Å². The lowest BCUT2D eigenvalue weighted by atomic mass is 10.3. The average Bonchev–Trinajstić information content (AvgIpc) is 2.36. The molecule has 11 heavy (non-hydrogen) atoms. The van der Waals surface area contributed by atoms with Gasteiger partial charge >= 0.3 is 0 Å². The van der Waals surface area contributed by atoms with Crippen LogP contribution in [-0.4, -0.2) is 5.91 Å². The summed E-state index contributed by atoms with van der Waals surface area (Å²) in [4.78, 5) is 13.2.